The maximum absolute atomic E-state index is 13.1. The molecule has 154 valence electrons. The minimum Gasteiger partial charge on any atom is -0.481 e. The Morgan fingerprint density at radius 3 is 2.34 bits per heavy atom. The molecule has 1 atom stereocenters. The molecule has 0 bridgehead atoms. The molecular formula is C19H20ClN3O6. The van der Waals surface area contributed by atoms with Gasteiger partial charge in [-0.15, -0.1) is 12.4 Å². The predicted molar refractivity (Wildman–Crippen MR) is 103 cm³/mol. The quantitative estimate of drug-likeness (QED) is 0.692. The number of piperidine rings is 2. The number of carboxylic acid groups (broad SMARTS) is 1. The van der Waals surface area contributed by atoms with Gasteiger partial charge in [-0.1, -0.05) is 6.07 Å². The summed E-state index contributed by atoms with van der Waals surface area (Å²) in [5, 5.41) is 11.3. The van der Waals surface area contributed by atoms with Crippen molar-refractivity contribution in [1.82, 2.24) is 10.2 Å². The van der Waals surface area contributed by atoms with Crippen molar-refractivity contribution in [3.8, 4) is 0 Å². The van der Waals surface area contributed by atoms with Crippen LogP contribution in [0.15, 0.2) is 18.2 Å². The Morgan fingerprint density at radius 1 is 1.03 bits per heavy atom. The maximum atomic E-state index is 13.1. The minimum absolute atomic E-state index is 0. The summed E-state index contributed by atoms with van der Waals surface area (Å²) in [6, 6.07) is 3.96. The number of halogens is 1. The topological polar surface area (TPSA) is 124 Å². The monoisotopic (exact) mass is 421 g/mol. The van der Waals surface area contributed by atoms with Crippen LogP contribution in [0.3, 0.4) is 0 Å². The second-order valence-corrected chi connectivity index (χ2v) is 7.25. The lowest BCUT2D eigenvalue weighted by Gasteiger charge is -2.33. The summed E-state index contributed by atoms with van der Waals surface area (Å²) in [7, 11) is 0. The predicted octanol–water partition coefficient (Wildman–Crippen LogP) is 0.811. The van der Waals surface area contributed by atoms with Gasteiger partial charge < -0.3 is 10.0 Å². The summed E-state index contributed by atoms with van der Waals surface area (Å²) in [5.74, 6) is -3.39. The van der Waals surface area contributed by atoms with Gasteiger partial charge in [0.05, 0.1) is 22.7 Å². The highest BCUT2D eigenvalue weighted by atomic mass is 35.5. The fourth-order valence-electron chi connectivity index (χ4n) is 4.13. The number of amides is 4. The summed E-state index contributed by atoms with van der Waals surface area (Å²) >= 11 is 0. The van der Waals surface area contributed by atoms with Crippen LogP contribution in [0, 0.1) is 5.92 Å². The van der Waals surface area contributed by atoms with Gasteiger partial charge in [0.25, 0.3) is 11.8 Å². The largest absolute Gasteiger partial charge is 0.481 e. The number of imide groups is 2. The van der Waals surface area contributed by atoms with E-state index >= 15 is 0 Å². The van der Waals surface area contributed by atoms with E-state index in [-0.39, 0.29) is 36.4 Å². The van der Waals surface area contributed by atoms with E-state index in [0.717, 1.165) is 4.90 Å². The van der Waals surface area contributed by atoms with Crippen LogP contribution in [-0.4, -0.2) is 58.7 Å². The summed E-state index contributed by atoms with van der Waals surface area (Å²) in [4.78, 5) is 63.5. The lowest BCUT2D eigenvalue weighted by molar-refractivity contribution is -0.142. The molecule has 1 aromatic carbocycles. The van der Waals surface area contributed by atoms with Gasteiger partial charge in [-0.25, -0.2) is 0 Å². The zero-order valence-corrected chi connectivity index (χ0v) is 16.2. The van der Waals surface area contributed by atoms with Crippen LogP contribution in [0.2, 0.25) is 0 Å². The number of aliphatic carboxylic acids is 1. The van der Waals surface area contributed by atoms with Crippen molar-refractivity contribution in [2.24, 2.45) is 5.92 Å². The van der Waals surface area contributed by atoms with Crippen LogP contribution in [0.25, 0.3) is 0 Å². The first-order valence-corrected chi connectivity index (χ1v) is 9.21. The fraction of sp³-hybridized carbons (Fsp3) is 0.421. The molecule has 10 heteroatoms. The highest BCUT2D eigenvalue weighted by Gasteiger charge is 2.46. The Balaban J connectivity index is 0.00000240. The van der Waals surface area contributed by atoms with Crippen molar-refractivity contribution in [2.45, 2.75) is 31.7 Å². The standard InChI is InChI=1S/C19H19N3O6.ClH/c23-14-5-4-13(16(24)20-14)22-17(25)11-2-1-3-12(15(11)18(22)26)21-8-6-10(7-9-21)19(27)28;/h1-3,10,13H,4-9H2,(H,27,28)(H,20,23,24);1H. The Bertz CT molecular complexity index is 909. The first-order chi connectivity index (χ1) is 13.4. The molecule has 2 fully saturated rings. The number of anilines is 1. The number of hydrogen-bond donors (Lipinski definition) is 2. The van der Waals surface area contributed by atoms with Crippen molar-refractivity contribution in [1.29, 1.82) is 0 Å². The van der Waals surface area contributed by atoms with Crippen LogP contribution in [0.4, 0.5) is 5.69 Å². The molecule has 4 rings (SSSR count). The highest BCUT2D eigenvalue weighted by molar-refractivity contribution is 6.25. The molecular weight excluding hydrogens is 402 g/mol. The van der Waals surface area contributed by atoms with Gasteiger partial charge >= 0.3 is 5.97 Å². The SMILES string of the molecule is Cl.O=C1CCC(N2C(=O)c3cccc(N4CCC(C(=O)O)CC4)c3C2=O)C(=O)N1. The highest BCUT2D eigenvalue weighted by Crippen LogP contribution is 2.35. The third-order valence-electron chi connectivity index (χ3n) is 5.63. The number of carbonyl (C=O) groups excluding carboxylic acids is 4. The molecule has 29 heavy (non-hydrogen) atoms. The molecule has 0 saturated carbocycles. The number of carbonyl (C=O) groups is 5. The van der Waals surface area contributed by atoms with Crippen LogP contribution in [0.1, 0.15) is 46.4 Å². The van der Waals surface area contributed by atoms with Gasteiger partial charge in [0.15, 0.2) is 0 Å². The zero-order valence-electron chi connectivity index (χ0n) is 15.4. The number of hydrogen-bond acceptors (Lipinski definition) is 6. The molecule has 0 radical (unpaired) electrons. The number of fused-ring (bicyclic) bond motifs is 1. The van der Waals surface area contributed by atoms with Crippen LogP contribution in [0.5, 0.6) is 0 Å². The van der Waals surface area contributed by atoms with E-state index in [2.05, 4.69) is 5.32 Å². The van der Waals surface area contributed by atoms with Gasteiger partial charge in [0.1, 0.15) is 6.04 Å². The fourth-order valence-corrected chi connectivity index (χ4v) is 4.13. The van der Waals surface area contributed by atoms with Crippen LogP contribution >= 0.6 is 12.4 Å². The molecule has 3 aliphatic rings. The van der Waals surface area contributed by atoms with Crippen molar-refractivity contribution < 1.29 is 29.1 Å². The first-order valence-electron chi connectivity index (χ1n) is 9.21. The second-order valence-electron chi connectivity index (χ2n) is 7.25. The van der Waals surface area contributed by atoms with Crippen molar-refractivity contribution in [2.75, 3.05) is 18.0 Å². The molecule has 2 N–H and O–H groups in total. The van der Waals surface area contributed by atoms with E-state index in [1.807, 2.05) is 4.90 Å². The Labute approximate surface area is 172 Å². The second kappa shape index (κ2) is 7.82. The van der Waals surface area contributed by atoms with Crippen LogP contribution in [-0.2, 0) is 14.4 Å². The Hall–Kier alpha value is -2.94. The van der Waals surface area contributed by atoms with E-state index in [0.29, 0.717) is 31.6 Å². The third-order valence-corrected chi connectivity index (χ3v) is 5.63. The smallest absolute Gasteiger partial charge is 0.306 e. The van der Waals surface area contributed by atoms with E-state index < -0.39 is 41.6 Å². The lowest BCUT2D eigenvalue weighted by Crippen LogP contribution is -2.54. The average Bonchev–Trinajstić information content (AvgIpc) is 2.93. The zero-order chi connectivity index (χ0) is 20.0. The normalized spacial score (nSPS) is 22.3. The molecule has 3 aliphatic heterocycles. The van der Waals surface area contributed by atoms with Gasteiger partial charge in [-0.05, 0) is 31.4 Å². The molecule has 0 aliphatic carbocycles. The van der Waals surface area contributed by atoms with Crippen molar-refractivity contribution in [3.63, 3.8) is 0 Å². The number of benzene rings is 1. The summed E-state index contributed by atoms with van der Waals surface area (Å²) < 4.78 is 0. The van der Waals surface area contributed by atoms with E-state index in [1.165, 1.54) is 0 Å². The summed E-state index contributed by atoms with van der Waals surface area (Å²) in [5.41, 5.74) is 1.05. The summed E-state index contributed by atoms with van der Waals surface area (Å²) in [6.45, 7) is 0.931. The molecule has 2 saturated heterocycles. The summed E-state index contributed by atoms with van der Waals surface area (Å²) in [6.07, 6.45) is 1.09. The van der Waals surface area contributed by atoms with Crippen molar-refractivity contribution in [3.05, 3.63) is 29.3 Å². The molecule has 0 aromatic heterocycles. The lowest BCUT2D eigenvalue weighted by atomic mass is 9.95. The molecule has 3 heterocycles. The number of carboxylic acids is 1. The Morgan fingerprint density at radius 2 is 1.72 bits per heavy atom. The number of nitrogens with one attached hydrogen (secondary N) is 1. The Kier molecular flexibility index (Phi) is 5.61. The maximum Gasteiger partial charge on any atom is 0.306 e. The number of rotatable bonds is 3. The number of nitrogens with zero attached hydrogens (tertiary/aromatic N) is 2. The molecule has 4 amide bonds. The minimum atomic E-state index is -1.00. The van der Waals surface area contributed by atoms with Crippen molar-refractivity contribution >= 4 is 47.7 Å². The molecule has 0 spiro atoms. The van der Waals surface area contributed by atoms with E-state index in [9.17, 15) is 24.0 Å². The van der Waals surface area contributed by atoms with Gasteiger partial charge in [-0.2, -0.15) is 0 Å². The van der Waals surface area contributed by atoms with Gasteiger partial charge in [0.2, 0.25) is 11.8 Å². The molecule has 1 aromatic rings. The van der Waals surface area contributed by atoms with E-state index in [1.54, 1.807) is 18.2 Å². The molecule has 1 unspecified atom stereocenters. The molecule has 9 nitrogen and oxygen atoms in total. The van der Waals surface area contributed by atoms with Gasteiger partial charge in [-0.3, -0.25) is 34.2 Å². The first kappa shape index (κ1) is 20.8. The average molecular weight is 422 g/mol. The third kappa shape index (κ3) is 3.46. The van der Waals surface area contributed by atoms with Gasteiger partial charge in [0, 0.05) is 19.5 Å². The van der Waals surface area contributed by atoms with E-state index in [4.69, 9.17) is 5.11 Å². The van der Waals surface area contributed by atoms with Crippen LogP contribution < -0.4 is 10.2 Å².